The van der Waals surface area contributed by atoms with E-state index in [1.165, 1.54) is 37.7 Å². The highest BCUT2D eigenvalue weighted by atomic mass is 16.5. The summed E-state index contributed by atoms with van der Waals surface area (Å²) in [7, 11) is 0. The van der Waals surface area contributed by atoms with E-state index >= 15 is 0 Å². The average molecular weight is 407 g/mol. The van der Waals surface area contributed by atoms with Crippen molar-refractivity contribution in [2.24, 2.45) is 23.2 Å². The lowest BCUT2D eigenvalue weighted by Crippen LogP contribution is -2.37. The first-order valence-electron chi connectivity index (χ1n) is 11.6. The summed E-state index contributed by atoms with van der Waals surface area (Å²) in [6.45, 7) is 9.50. The molecule has 0 aromatic heterocycles. The second-order valence-electron chi connectivity index (χ2n) is 10.9. The van der Waals surface area contributed by atoms with Crippen molar-refractivity contribution in [2.45, 2.75) is 96.9 Å². The summed E-state index contributed by atoms with van der Waals surface area (Å²) < 4.78 is 5.85. The lowest BCUT2D eigenvalue weighted by Gasteiger charge is -2.44. The van der Waals surface area contributed by atoms with Crippen LogP contribution in [0.15, 0.2) is 23.3 Å². The van der Waals surface area contributed by atoms with Gasteiger partial charge in [0.25, 0.3) is 0 Å². The fraction of sp³-hybridized carbons (Fsp3) is 0.840. The van der Waals surface area contributed by atoms with Crippen LogP contribution in [-0.2, 0) is 4.74 Å². The molecule has 0 bridgehead atoms. The summed E-state index contributed by atoms with van der Waals surface area (Å²) in [6, 6.07) is 0. The summed E-state index contributed by atoms with van der Waals surface area (Å²) in [4.78, 5) is 0. The monoisotopic (exact) mass is 406 g/mol. The zero-order chi connectivity index (χ0) is 21.2. The predicted octanol–water partition coefficient (Wildman–Crippen LogP) is 4.38. The van der Waals surface area contributed by atoms with Gasteiger partial charge in [-0.25, -0.2) is 0 Å². The third kappa shape index (κ3) is 5.72. The van der Waals surface area contributed by atoms with Gasteiger partial charge in [0, 0.05) is 13.0 Å². The number of hydrogen-bond acceptors (Lipinski definition) is 4. The number of fused-ring (bicyclic) bond motifs is 1. The van der Waals surface area contributed by atoms with Crippen LogP contribution in [0.2, 0.25) is 0 Å². The van der Waals surface area contributed by atoms with E-state index in [1.807, 2.05) is 6.08 Å². The minimum Gasteiger partial charge on any atom is -0.393 e. The second kappa shape index (κ2) is 9.21. The van der Waals surface area contributed by atoms with Crippen LogP contribution in [-0.4, -0.2) is 46.3 Å². The first-order valence-corrected chi connectivity index (χ1v) is 11.6. The van der Waals surface area contributed by atoms with Gasteiger partial charge in [0.15, 0.2) is 0 Å². The lowest BCUT2D eigenvalue weighted by molar-refractivity contribution is -0.0424. The Morgan fingerprint density at radius 2 is 2.07 bits per heavy atom. The predicted molar refractivity (Wildman–Crippen MR) is 116 cm³/mol. The number of ether oxygens (including phenoxy) is 1. The van der Waals surface area contributed by atoms with Gasteiger partial charge in [-0.3, -0.25) is 0 Å². The summed E-state index contributed by atoms with van der Waals surface area (Å²) >= 11 is 0. The molecule has 0 aromatic rings. The Kier molecular flexibility index (Phi) is 7.31. The molecule has 3 N–H and O–H groups in total. The first kappa shape index (κ1) is 23.0. The van der Waals surface area contributed by atoms with Gasteiger partial charge in [-0.1, -0.05) is 37.1 Å². The number of allylic oxidation sites excluding steroid dienone is 2. The van der Waals surface area contributed by atoms with Gasteiger partial charge >= 0.3 is 0 Å². The average Bonchev–Trinajstić information content (AvgIpc) is 2.95. The van der Waals surface area contributed by atoms with Gasteiger partial charge in [-0.15, -0.1) is 0 Å². The van der Waals surface area contributed by atoms with E-state index in [9.17, 15) is 15.3 Å². The maximum atomic E-state index is 9.95. The summed E-state index contributed by atoms with van der Waals surface area (Å²) in [5.41, 5.74) is 2.35. The molecule has 166 valence electrons. The fourth-order valence-electron chi connectivity index (χ4n) is 6.36. The van der Waals surface area contributed by atoms with Crippen LogP contribution in [0.1, 0.15) is 79.1 Å². The molecule has 0 amide bonds. The molecule has 29 heavy (non-hydrogen) atoms. The van der Waals surface area contributed by atoms with E-state index in [2.05, 4.69) is 19.9 Å². The van der Waals surface area contributed by atoms with Crippen molar-refractivity contribution >= 4 is 0 Å². The molecule has 3 aliphatic rings. The Morgan fingerprint density at radius 1 is 1.31 bits per heavy atom. The molecule has 0 unspecified atom stereocenters. The van der Waals surface area contributed by atoms with E-state index in [4.69, 9.17) is 4.74 Å². The van der Waals surface area contributed by atoms with Gasteiger partial charge in [-0.2, -0.15) is 0 Å². The molecule has 3 aliphatic carbocycles. The van der Waals surface area contributed by atoms with Crippen LogP contribution in [0.3, 0.4) is 0 Å². The third-order valence-electron chi connectivity index (χ3n) is 7.63. The highest BCUT2D eigenvalue weighted by Gasteiger charge is 2.50. The molecule has 0 saturated heterocycles. The molecule has 3 rings (SSSR count). The molecular formula is C25H42O4. The van der Waals surface area contributed by atoms with Crippen molar-refractivity contribution in [1.29, 1.82) is 0 Å². The van der Waals surface area contributed by atoms with Crippen molar-refractivity contribution in [3.05, 3.63) is 23.3 Å². The van der Waals surface area contributed by atoms with Crippen LogP contribution >= 0.6 is 0 Å². The fourth-order valence-corrected chi connectivity index (χ4v) is 6.36. The normalized spacial score (nSPS) is 38.0. The lowest BCUT2D eigenvalue weighted by atomic mass is 9.61. The Morgan fingerprint density at radius 3 is 2.76 bits per heavy atom. The van der Waals surface area contributed by atoms with Crippen molar-refractivity contribution in [3.8, 4) is 0 Å². The number of aliphatic hydroxyl groups excluding tert-OH is 2. The van der Waals surface area contributed by atoms with E-state index in [0.29, 0.717) is 42.6 Å². The highest BCUT2D eigenvalue weighted by molar-refractivity contribution is 5.23. The quantitative estimate of drug-likeness (QED) is 0.549. The minimum absolute atomic E-state index is 0.335. The van der Waals surface area contributed by atoms with Crippen molar-refractivity contribution in [1.82, 2.24) is 0 Å². The Bertz CT molecular complexity index is 617. The minimum atomic E-state index is -0.766. The van der Waals surface area contributed by atoms with Gasteiger partial charge in [0.1, 0.15) is 0 Å². The van der Waals surface area contributed by atoms with E-state index in [-0.39, 0.29) is 0 Å². The Balaban J connectivity index is 1.63. The molecule has 0 spiro atoms. The Hall–Kier alpha value is -0.680. The van der Waals surface area contributed by atoms with E-state index in [1.54, 1.807) is 19.4 Å². The second-order valence-corrected chi connectivity index (χ2v) is 10.9. The summed E-state index contributed by atoms with van der Waals surface area (Å²) in [6.07, 6.45) is 11.7. The SMILES string of the molecule is C[C@H](COCC(C)(C)O)[C@H]1CC[C@H]2/C(=C/CC3=C[C@@H](O)C[C@H](O)C3)CCC[C@]12C. The number of hydrogen-bond donors (Lipinski definition) is 3. The van der Waals surface area contributed by atoms with Crippen LogP contribution < -0.4 is 0 Å². The molecule has 4 heteroatoms. The molecule has 4 nitrogen and oxygen atoms in total. The maximum absolute atomic E-state index is 9.95. The summed E-state index contributed by atoms with van der Waals surface area (Å²) in [5, 5.41) is 29.8. The topological polar surface area (TPSA) is 69.9 Å². The van der Waals surface area contributed by atoms with Crippen molar-refractivity contribution in [3.63, 3.8) is 0 Å². The van der Waals surface area contributed by atoms with Crippen LogP contribution in [0, 0.1) is 23.2 Å². The van der Waals surface area contributed by atoms with Crippen molar-refractivity contribution in [2.75, 3.05) is 13.2 Å². The summed E-state index contributed by atoms with van der Waals surface area (Å²) in [5.74, 6) is 1.81. The molecular weight excluding hydrogens is 364 g/mol. The smallest absolute Gasteiger partial charge is 0.0824 e. The van der Waals surface area contributed by atoms with Gasteiger partial charge in [0.2, 0.25) is 0 Å². The zero-order valence-electron chi connectivity index (χ0n) is 18.9. The maximum Gasteiger partial charge on any atom is 0.0824 e. The van der Waals surface area contributed by atoms with Gasteiger partial charge < -0.3 is 20.1 Å². The zero-order valence-corrected chi connectivity index (χ0v) is 18.9. The highest BCUT2D eigenvalue weighted by Crippen LogP contribution is 2.59. The largest absolute Gasteiger partial charge is 0.393 e. The van der Waals surface area contributed by atoms with E-state index < -0.39 is 17.8 Å². The third-order valence-corrected chi connectivity index (χ3v) is 7.63. The molecule has 0 heterocycles. The van der Waals surface area contributed by atoms with Crippen LogP contribution in [0.4, 0.5) is 0 Å². The Labute approximate surface area is 177 Å². The van der Waals surface area contributed by atoms with Gasteiger partial charge in [0.05, 0.1) is 24.4 Å². The molecule has 6 atom stereocenters. The number of aliphatic hydroxyl groups is 3. The van der Waals surface area contributed by atoms with Crippen LogP contribution in [0.25, 0.3) is 0 Å². The van der Waals surface area contributed by atoms with Crippen LogP contribution in [0.5, 0.6) is 0 Å². The first-order chi connectivity index (χ1) is 13.6. The molecule has 2 saturated carbocycles. The van der Waals surface area contributed by atoms with E-state index in [0.717, 1.165) is 13.0 Å². The van der Waals surface area contributed by atoms with Crippen molar-refractivity contribution < 1.29 is 20.1 Å². The number of rotatable bonds is 7. The molecule has 0 aliphatic heterocycles. The molecule has 0 aromatic carbocycles. The van der Waals surface area contributed by atoms with Gasteiger partial charge in [-0.05, 0) is 82.0 Å². The molecule has 0 radical (unpaired) electrons. The standard InChI is InChI=1S/C25H42O4/c1-17(15-29-16-24(2,3)28)22-9-10-23-19(6-5-11-25(22,23)4)8-7-18-12-20(26)14-21(27)13-18/h8,12,17,20-23,26-28H,5-7,9-11,13-16H2,1-4H3/b19-8+/t17-,20-,21-,22-,23+,25-/m1/s1. The molecule has 2 fully saturated rings.